The van der Waals surface area contributed by atoms with Gasteiger partial charge in [0.1, 0.15) is 12.4 Å². The number of aryl methyl sites for hydroxylation is 1. The quantitative estimate of drug-likeness (QED) is 0.686. The minimum atomic E-state index is 0.158. The van der Waals surface area contributed by atoms with E-state index in [1.807, 2.05) is 0 Å². The number of nitrogens with one attached hydrogen (secondary N) is 1. The fourth-order valence-electron chi connectivity index (χ4n) is 6.23. The molecule has 184 valence electrons. The summed E-state index contributed by atoms with van der Waals surface area (Å²) in [4.78, 5) is 17.1. The predicted molar refractivity (Wildman–Crippen MR) is 136 cm³/mol. The topological polar surface area (TPSA) is 80.5 Å². The first-order chi connectivity index (χ1) is 17.2. The van der Waals surface area contributed by atoms with Crippen molar-refractivity contribution in [3.05, 3.63) is 40.6 Å². The fraction of sp³-hybridized carbons (Fsp3) is 0.593. The zero-order valence-electron chi connectivity index (χ0n) is 20.7. The Bertz CT molecular complexity index is 1130. The number of piperazine rings is 1. The molecule has 8 nitrogen and oxygen atoms in total. The minimum Gasteiger partial charge on any atom is -0.462 e. The van der Waals surface area contributed by atoms with E-state index in [1.165, 1.54) is 41.6 Å². The molecule has 1 aliphatic carbocycles. The van der Waals surface area contributed by atoms with E-state index >= 15 is 0 Å². The lowest BCUT2D eigenvalue weighted by atomic mass is 10.1. The Morgan fingerprint density at radius 2 is 2.06 bits per heavy atom. The van der Waals surface area contributed by atoms with Gasteiger partial charge in [0, 0.05) is 49.5 Å². The van der Waals surface area contributed by atoms with E-state index in [1.54, 1.807) is 0 Å². The molecule has 0 spiro atoms. The van der Waals surface area contributed by atoms with Crippen LogP contribution in [-0.2, 0) is 25.9 Å². The molecule has 2 saturated heterocycles. The molecular weight excluding hydrogens is 438 g/mol. The van der Waals surface area contributed by atoms with Gasteiger partial charge in [0.05, 0.1) is 24.7 Å². The first-order valence-electron chi connectivity index (χ1n) is 13.1. The van der Waals surface area contributed by atoms with Crippen molar-refractivity contribution in [1.82, 2.24) is 20.2 Å². The van der Waals surface area contributed by atoms with Crippen LogP contribution in [0.25, 0.3) is 0 Å². The number of hydrogen-bond donors (Lipinski definition) is 1. The molecule has 3 aliphatic heterocycles. The van der Waals surface area contributed by atoms with E-state index < -0.39 is 0 Å². The Hall–Kier alpha value is -2.89. The van der Waals surface area contributed by atoms with Gasteiger partial charge in [-0.25, -0.2) is 0 Å². The van der Waals surface area contributed by atoms with Crippen molar-refractivity contribution in [2.45, 2.75) is 63.7 Å². The van der Waals surface area contributed by atoms with Gasteiger partial charge >= 0.3 is 6.01 Å². The number of likely N-dealkylation sites (tertiary alicyclic amines) is 1. The van der Waals surface area contributed by atoms with E-state index in [-0.39, 0.29) is 6.04 Å². The van der Waals surface area contributed by atoms with Crippen molar-refractivity contribution in [1.29, 1.82) is 5.26 Å². The Morgan fingerprint density at radius 1 is 1.11 bits per heavy atom. The summed E-state index contributed by atoms with van der Waals surface area (Å²) in [6.45, 7) is 5.86. The number of likely N-dealkylation sites (N-methyl/N-ethyl adjacent to an activating group) is 1. The third kappa shape index (κ3) is 4.43. The minimum absolute atomic E-state index is 0.158. The van der Waals surface area contributed by atoms with Crippen molar-refractivity contribution in [3.63, 3.8) is 0 Å². The van der Waals surface area contributed by atoms with E-state index in [4.69, 9.17) is 14.7 Å². The first kappa shape index (κ1) is 22.6. The molecule has 8 heteroatoms. The Kier molecular flexibility index (Phi) is 6.21. The second-order valence-corrected chi connectivity index (χ2v) is 10.4. The van der Waals surface area contributed by atoms with Gasteiger partial charge in [-0.1, -0.05) is 12.1 Å². The van der Waals surface area contributed by atoms with Crippen LogP contribution in [0.3, 0.4) is 0 Å². The smallest absolute Gasteiger partial charge is 0.318 e. The Balaban J connectivity index is 1.30. The Labute approximate surface area is 207 Å². The van der Waals surface area contributed by atoms with Crippen LogP contribution in [0.2, 0.25) is 0 Å². The molecule has 2 unspecified atom stereocenters. The van der Waals surface area contributed by atoms with Gasteiger partial charge in [0.25, 0.3) is 0 Å². The number of nitrogens with zero attached hydrogens (tertiary/aromatic N) is 6. The van der Waals surface area contributed by atoms with Gasteiger partial charge in [-0.3, -0.25) is 0 Å². The Morgan fingerprint density at radius 3 is 2.91 bits per heavy atom. The van der Waals surface area contributed by atoms with Crippen molar-refractivity contribution in [3.8, 4) is 12.1 Å². The predicted octanol–water partition coefficient (Wildman–Crippen LogP) is 2.65. The van der Waals surface area contributed by atoms with Gasteiger partial charge in [-0.15, -0.1) is 0 Å². The number of anilines is 2. The van der Waals surface area contributed by atoms with Gasteiger partial charge in [-0.05, 0) is 62.9 Å². The molecule has 35 heavy (non-hydrogen) atoms. The average Bonchev–Trinajstić information content (AvgIpc) is 3.62. The van der Waals surface area contributed by atoms with E-state index in [0.717, 1.165) is 63.6 Å². The maximum atomic E-state index is 9.24. The van der Waals surface area contributed by atoms with Crippen LogP contribution in [0, 0.1) is 11.3 Å². The summed E-state index contributed by atoms with van der Waals surface area (Å²) >= 11 is 0. The van der Waals surface area contributed by atoms with Crippen LogP contribution < -0.4 is 19.9 Å². The summed E-state index contributed by atoms with van der Waals surface area (Å²) in [5.41, 5.74) is 6.64. The standard InChI is InChI=1S/C27H35N7O/c1-32-13-4-7-21(32)18-35-27-30-24-17-34(25-9-3-6-19-5-2-8-22(19)25)16-23(24)26(31-27)33-14-12-29-20(15-33)10-11-28/h3,6,9,20-21,29H,2,4-5,7-8,10,12-18H2,1H3. The number of benzene rings is 1. The van der Waals surface area contributed by atoms with E-state index in [2.05, 4.69) is 51.3 Å². The van der Waals surface area contributed by atoms with E-state index in [9.17, 15) is 5.26 Å². The van der Waals surface area contributed by atoms with E-state index in [0.29, 0.717) is 25.1 Å². The largest absolute Gasteiger partial charge is 0.462 e. The van der Waals surface area contributed by atoms with Crippen molar-refractivity contribution >= 4 is 11.5 Å². The van der Waals surface area contributed by atoms with Crippen molar-refractivity contribution < 1.29 is 4.74 Å². The number of fused-ring (bicyclic) bond motifs is 2. The molecule has 1 N–H and O–H groups in total. The highest BCUT2D eigenvalue weighted by Crippen LogP contribution is 2.38. The molecule has 2 fully saturated rings. The lowest BCUT2D eigenvalue weighted by Crippen LogP contribution is -2.51. The first-order valence-corrected chi connectivity index (χ1v) is 13.1. The number of aromatic nitrogens is 2. The van der Waals surface area contributed by atoms with Crippen molar-refractivity contribution in [2.75, 3.05) is 49.6 Å². The average molecular weight is 474 g/mol. The summed E-state index contributed by atoms with van der Waals surface area (Å²) in [5, 5.41) is 12.7. The zero-order valence-corrected chi connectivity index (χ0v) is 20.7. The number of nitriles is 1. The second kappa shape index (κ2) is 9.63. The summed E-state index contributed by atoms with van der Waals surface area (Å²) in [7, 11) is 2.17. The van der Waals surface area contributed by atoms with Crippen LogP contribution in [-0.4, -0.2) is 66.8 Å². The van der Waals surface area contributed by atoms with Gasteiger partial charge in [0.2, 0.25) is 0 Å². The third-order valence-corrected chi connectivity index (χ3v) is 8.17. The summed E-state index contributed by atoms with van der Waals surface area (Å²) < 4.78 is 6.23. The lowest BCUT2D eigenvalue weighted by Gasteiger charge is -2.34. The van der Waals surface area contributed by atoms with Crippen LogP contribution in [0.5, 0.6) is 6.01 Å². The molecule has 2 aromatic rings. The third-order valence-electron chi connectivity index (χ3n) is 8.17. The molecular formula is C27H35N7O. The molecule has 1 aromatic carbocycles. The fourth-order valence-corrected chi connectivity index (χ4v) is 6.23. The van der Waals surface area contributed by atoms with Crippen LogP contribution in [0.1, 0.15) is 48.1 Å². The molecule has 4 aliphatic rings. The number of hydrogen-bond acceptors (Lipinski definition) is 8. The highest BCUT2D eigenvalue weighted by Gasteiger charge is 2.32. The van der Waals surface area contributed by atoms with Gasteiger partial charge in [0.15, 0.2) is 0 Å². The summed E-state index contributed by atoms with van der Waals surface area (Å²) in [5.74, 6) is 0.990. The molecule has 4 heterocycles. The summed E-state index contributed by atoms with van der Waals surface area (Å²) in [6, 6.07) is 10.2. The highest BCUT2D eigenvalue weighted by molar-refractivity contribution is 5.63. The molecule has 2 atom stereocenters. The number of rotatable bonds is 6. The maximum Gasteiger partial charge on any atom is 0.318 e. The van der Waals surface area contributed by atoms with Gasteiger partial charge < -0.3 is 24.8 Å². The van der Waals surface area contributed by atoms with Crippen molar-refractivity contribution in [2.24, 2.45) is 0 Å². The van der Waals surface area contributed by atoms with Crippen LogP contribution in [0.4, 0.5) is 11.5 Å². The monoisotopic (exact) mass is 473 g/mol. The molecule has 0 amide bonds. The maximum absolute atomic E-state index is 9.24. The second-order valence-electron chi connectivity index (χ2n) is 10.4. The molecule has 0 radical (unpaired) electrons. The normalized spacial score (nSPS) is 23.9. The van der Waals surface area contributed by atoms with Crippen LogP contribution >= 0.6 is 0 Å². The molecule has 0 bridgehead atoms. The van der Waals surface area contributed by atoms with Crippen LogP contribution in [0.15, 0.2) is 18.2 Å². The SMILES string of the molecule is CN1CCCC1COc1nc2c(c(N3CCNC(CC#N)C3)n1)CN(c1cccc3c1CCC3)C2. The molecule has 1 aromatic heterocycles. The zero-order chi connectivity index (χ0) is 23.8. The summed E-state index contributed by atoms with van der Waals surface area (Å²) in [6.07, 6.45) is 6.47. The molecule has 0 saturated carbocycles. The highest BCUT2D eigenvalue weighted by atomic mass is 16.5. The van der Waals surface area contributed by atoms with Gasteiger partial charge in [-0.2, -0.15) is 15.2 Å². The molecule has 6 rings (SSSR count). The number of ether oxygens (including phenoxy) is 1. The lowest BCUT2D eigenvalue weighted by molar-refractivity contribution is 0.187.